The molecule has 2 atom stereocenters. The summed E-state index contributed by atoms with van der Waals surface area (Å²) in [4.78, 5) is 24.5. The van der Waals surface area contributed by atoms with E-state index in [0.717, 1.165) is 0 Å². The van der Waals surface area contributed by atoms with Crippen LogP contribution in [0.15, 0.2) is 51.7 Å². The fraction of sp³-hybridized carbons (Fsp3) is 0.304. The molecule has 2 N–H and O–H groups in total. The van der Waals surface area contributed by atoms with E-state index in [0.29, 0.717) is 22.6 Å². The fourth-order valence-electron chi connectivity index (χ4n) is 3.93. The number of phenols is 1. The van der Waals surface area contributed by atoms with Crippen molar-refractivity contribution in [2.45, 2.75) is 38.4 Å². The molecule has 30 heavy (non-hydrogen) atoms. The topological polar surface area (TPSA) is 106 Å². The number of esters is 1. The number of ether oxygens (including phenoxy) is 2. The van der Waals surface area contributed by atoms with Crippen molar-refractivity contribution in [1.82, 2.24) is 0 Å². The Hall–Kier alpha value is -3.32. The van der Waals surface area contributed by atoms with Crippen LogP contribution >= 0.6 is 0 Å². The zero-order chi connectivity index (χ0) is 21.6. The zero-order valence-corrected chi connectivity index (χ0v) is 16.8. The number of aliphatic hydroxyl groups is 1. The number of fused-ring (bicyclic) bond motifs is 3. The second kappa shape index (κ2) is 7.18. The van der Waals surface area contributed by atoms with Gasteiger partial charge in [0.15, 0.2) is 5.43 Å². The van der Waals surface area contributed by atoms with E-state index in [4.69, 9.17) is 13.9 Å². The van der Waals surface area contributed by atoms with Gasteiger partial charge in [0.2, 0.25) is 0 Å². The van der Waals surface area contributed by atoms with Crippen LogP contribution in [0, 0.1) is 0 Å². The van der Waals surface area contributed by atoms with Crippen LogP contribution in [0.3, 0.4) is 0 Å². The van der Waals surface area contributed by atoms with E-state index in [2.05, 4.69) is 0 Å². The largest absolute Gasteiger partial charge is 0.507 e. The molecule has 2 heterocycles. The summed E-state index contributed by atoms with van der Waals surface area (Å²) in [6, 6.07) is 11.8. The quantitative estimate of drug-likeness (QED) is 0.635. The van der Waals surface area contributed by atoms with Gasteiger partial charge in [0.05, 0.1) is 18.1 Å². The van der Waals surface area contributed by atoms with Crippen LogP contribution in [0.25, 0.3) is 22.3 Å². The molecule has 1 aromatic heterocycles. The van der Waals surface area contributed by atoms with Crippen LogP contribution in [0.2, 0.25) is 0 Å². The highest BCUT2D eigenvalue weighted by atomic mass is 16.6. The van der Waals surface area contributed by atoms with E-state index in [-0.39, 0.29) is 23.3 Å². The SMILES string of the molecule is CC(=O)O[C@H]([C@H]1COc2cc(O)c3c(=O)cc(-c4ccccc4)oc3c21)C(C)(C)O. The molecule has 0 unspecified atom stereocenters. The monoisotopic (exact) mass is 410 g/mol. The first-order valence-corrected chi connectivity index (χ1v) is 9.58. The maximum absolute atomic E-state index is 12.8. The van der Waals surface area contributed by atoms with Crippen LogP contribution < -0.4 is 10.2 Å². The van der Waals surface area contributed by atoms with Crippen LogP contribution in [0.5, 0.6) is 11.5 Å². The Morgan fingerprint density at radius 1 is 1.23 bits per heavy atom. The van der Waals surface area contributed by atoms with Crippen molar-refractivity contribution >= 4 is 16.9 Å². The molecule has 0 aliphatic carbocycles. The average molecular weight is 410 g/mol. The van der Waals surface area contributed by atoms with Gasteiger partial charge in [0.25, 0.3) is 0 Å². The Kier molecular flexibility index (Phi) is 4.78. The highest BCUT2D eigenvalue weighted by Crippen LogP contribution is 2.46. The first kappa shape index (κ1) is 20.0. The highest BCUT2D eigenvalue weighted by molar-refractivity contribution is 5.90. The minimum absolute atomic E-state index is 0.0150. The number of hydrogen-bond acceptors (Lipinski definition) is 7. The van der Waals surface area contributed by atoms with Gasteiger partial charge in [-0.3, -0.25) is 9.59 Å². The van der Waals surface area contributed by atoms with E-state index in [1.165, 1.54) is 32.9 Å². The predicted octanol–water partition coefficient (Wildman–Crippen LogP) is 3.34. The second-order valence-corrected chi connectivity index (χ2v) is 7.95. The van der Waals surface area contributed by atoms with Crippen molar-refractivity contribution in [2.75, 3.05) is 6.61 Å². The second-order valence-electron chi connectivity index (χ2n) is 7.95. The summed E-state index contributed by atoms with van der Waals surface area (Å²) in [5.74, 6) is -0.755. The molecule has 156 valence electrons. The third-order valence-corrected chi connectivity index (χ3v) is 5.18. The number of hydrogen-bond donors (Lipinski definition) is 2. The van der Waals surface area contributed by atoms with Crippen molar-refractivity contribution in [3.63, 3.8) is 0 Å². The average Bonchev–Trinajstić information content (AvgIpc) is 3.08. The Bertz CT molecular complexity index is 1170. The first-order chi connectivity index (χ1) is 14.2. The minimum Gasteiger partial charge on any atom is -0.507 e. The van der Waals surface area contributed by atoms with Crippen molar-refractivity contribution in [2.24, 2.45) is 0 Å². The summed E-state index contributed by atoms with van der Waals surface area (Å²) in [6.45, 7) is 4.42. The summed E-state index contributed by atoms with van der Waals surface area (Å²) in [5.41, 5.74) is -0.467. The van der Waals surface area contributed by atoms with Crippen LogP contribution in [0.1, 0.15) is 32.3 Å². The smallest absolute Gasteiger partial charge is 0.303 e. The van der Waals surface area contributed by atoms with E-state index in [9.17, 15) is 19.8 Å². The molecule has 0 saturated carbocycles. The summed E-state index contributed by atoms with van der Waals surface area (Å²) < 4.78 is 17.2. The number of carbonyl (C=O) groups is 1. The lowest BCUT2D eigenvalue weighted by Crippen LogP contribution is -2.44. The number of benzene rings is 2. The summed E-state index contributed by atoms with van der Waals surface area (Å²) in [7, 11) is 0. The lowest BCUT2D eigenvalue weighted by molar-refractivity contribution is -0.162. The molecular formula is C23H22O7. The maximum Gasteiger partial charge on any atom is 0.303 e. The number of rotatable bonds is 4. The van der Waals surface area contributed by atoms with Gasteiger partial charge in [-0.25, -0.2) is 0 Å². The van der Waals surface area contributed by atoms with Crippen molar-refractivity contribution in [3.05, 3.63) is 58.3 Å². The molecule has 1 aliphatic rings. The maximum atomic E-state index is 12.8. The molecule has 0 spiro atoms. The molecule has 2 aromatic carbocycles. The predicted molar refractivity (Wildman–Crippen MR) is 110 cm³/mol. The van der Waals surface area contributed by atoms with Crippen LogP contribution in [0.4, 0.5) is 0 Å². The van der Waals surface area contributed by atoms with E-state index in [1.54, 1.807) is 12.1 Å². The van der Waals surface area contributed by atoms with Gasteiger partial charge in [-0.05, 0) is 13.8 Å². The van der Waals surface area contributed by atoms with Crippen LogP contribution in [-0.4, -0.2) is 34.5 Å². The van der Waals surface area contributed by atoms with Gasteiger partial charge < -0.3 is 24.1 Å². The lowest BCUT2D eigenvalue weighted by atomic mass is 9.85. The van der Waals surface area contributed by atoms with Gasteiger partial charge >= 0.3 is 5.97 Å². The molecule has 0 amide bonds. The number of phenolic OH excluding ortho intramolecular Hbond substituents is 1. The Morgan fingerprint density at radius 2 is 1.93 bits per heavy atom. The third kappa shape index (κ3) is 3.41. The normalized spacial score (nSPS) is 16.7. The summed E-state index contributed by atoms with van der Waals surface area (Å²) >= 11 is 0. The van der Waals surface area contributed by atoms with E-state index < -0.39 is 29.0 Å². The lowest BCUT2D eigenvalue weighted by Gasteiger charge is -2.32. The first-order valence-electron chi connectivity index (χ1n) is 9.58. The molecule has 0 fully saturated rings. The highest BCUT2D eigenvalue weighted by Gasteiger charge is 2.44. The Morgan fingerprint density at radius 3 is 2.57 bits per heavy atom. The van der Waals surface area contributed by atoms with Gasteiger partial charge in [-0.2, -0.15) is 0 Å². The molecule has 1 aliphatic heterocycles. The molecule has 0 radical (unpaired) electrons. The summed E-state index contributed by atoms with van der Waals surface area (Å²) in [6.07, 6.45) is -0.949. The number of aromatic hydroxyl groups is 1. The summed E-state index contributed by atoms with van der Waals surface area (Å²) in [5, 5.41) is 21.1. The molecule has 7 nitrogen and oxygen atoms in total. The van der Waals surface area contributed by atoms with E-state index >= 15 is 0 Å². The molecular weight excluding hydrogens is 388 g/mol. The minimum atomic E-state index is -1.39. The van der Waals surface area contributed by atoms with Gasteiger partial charge in [-0.1, -0.05) is 30.3 Å². The molecule has 7 heteroatoms. The van der Waals surface area contributed by atoms with Crippen molar-refractivity contribution < 1.29 is 28.9 Å². The zero-order valence-electron chi connectivity index (χ0n) is 16.8. The third-order valence-electron chi connectivity index (χ3n) is 5.18. The molecule has 0 bridgehead atoms. The standard InChI is InChI=1S/C23H22O7/c1-12(24)29-22(23(2,3)27)14-11-28-18-10-16(26)20-15(25)9-17(30-21(20)19(14)18)13-7-5-4-6-8-13/h4-10,14,22,26-27H,11H2,1-3H3/t14-,22+/m0/s1. The molecule has 4 rings (SSSR count). The Balaban J connectivity index is 1.98. The van der Waals surface area contributed by atoms with Gasteiger partial charge in [-0.15, -0.1) is 0 Å². The van der Waals surface area contributed by atoms with Gasteiger partial charge in [0, 0.05) is 30.2 Å². The van der Waals surface area contributed by atoms with Crippen LogP contribution in [-0.2, 0) is 9.53 Å². The fourth-order valence-corrected chi connectivity index (χ4v) is 3.93. The number of carbonyl (C=O) groups excluding carboxylic acids is 1. The van der Waals surface area contributed by atoms with Crippen molar-refractivity contribution in [1.29, 1.82) is 0 Å². The van der Waals surface area contributed by atoms with Gasteiger partial charge in [0.1, 0.15) is 34.3 Å². The molecule has 0 saturated heterocycles. The Labute approximate surface area is 172 Å². The van der Waals surface area contributed by atoms with Crippen molar-refractivity contribution in [3.8, 4) is 22.8 Å². The van der Waals surface area contributed by atoms with E-state index in [1.807, 2.05) is 18.2 Å². The molecule has 3 aromatic rings.